The van der Waals surface area contributed by atoms with E-state index in [9.17, 15) is 4.79 Å². The van der Waals surface area contributed by atoms with Gasteiger partial charge in [0.1, 0.15) is 0 Å². The van der Waals surface area contributed by atoms with Gasteiger partial charge in [0.15, 0.2) is 5.82 Å². The molecule has 0 bridgehead atoms. The first kappa shape index (κ1) is 13.1. The molecule has 4 heteroatoms. The van der Waals surface area contributed by atoms with Gasteiger partial charge in [-0.05, 0) is 24.7 Å². The maximum absolute atomic E-state index is 12.1. The van der Waals surface area contributed by atoms with Crippen LogP contribution in [0.3, 0.4) is 0 Å². The molecular weight excluding hydrogens is 226 g/mol. The van der Waals surface area contributed by atoms with Crippen molar-refractivity contribution in [3.8, 4) is 0 Å². The maximum atomic E-state index is 12.1. The van der Waals surface area contributed by atoms with Crippen LogP contribution in [-0.2, 0) is 6.54 Å². The Morgan fingerprint density at radius 2 is 2.33 bits per heavy atom. The zero-order valence-electron chi connectivity index (χ0n) is 11.4. The number of aryl methyl sites for hydroxylation is 1. The Morgan fingerprint density at radius 1 is 1.50 bits per heavy atom. The monoisotopic (exact) mass is 249 g/mol. The largest absolute Gasteiger partial charge is 0.365 e. The van der Waals surface area contributed by atoms with Gasteiger partial charge in [-0.25, -0.2) is 4.98 Å². The predicted octanol–water partition coefficient (Wildman–Crippen LogP) is 2.50. The molecule has 2 rings (SSSR count). The minimum absolute atomic E-state index is 0.00463. The van der Waals surface area contributed by atoms with Crippen molar-refractivity contribution in [1.29, 1.82) is 0 Å². The molecule has 100 valence electrons. The third-order valence-electron chi connectivity index (χ3n) is 3.95. The van der Waals surface area contributed by atoms with Crippen LogP contribution < -0.4 is 10.9 Å². The molecule has 0 amide bonds. The third kappa shape index (κ3) is 2.92. The lowest BCUT2D eigenvalue weighted by Crippen LogP contribution is -2.27. The normalized spacial score (nSPS) is 23.2. The second kappa shape index (κ2) is 6.03. The number of anilines is 1. The smallest absolute Gasteiger partial charge is 0.293 e. The van der Waals surface area contributed by atoms with E-state index >= 15 is 0 Å². The van der Waals surface area contributed by atoms with Crippen molar-refractivity contribution in [2.24, 2.45) is 11.8 Å². The van der Waals surface area contributed by atoms with E-state index < -0.39 is 0 Å². The zero-order valence-corrected chi connectivity index (χ0v) is 11.4. The van der Waals surface area contributed by atoms with Gasteiger partial charge in [-0.15, -0.1) is 0 Å². The minimum Gasteiger partial charge on any atom is -0.365 e. The van der Waals surface area contributed by atoms with Crippen molar-refractivity contribution in [3.63, 3.8) is 0 Å². The molecule has 4 nitrogen and oxygen atoms in total. The zero-order chi connectivity index (χ0) is 13.0. The van der Waals surface area contributed by atoms with Crippen LogP contribution >= 0.6 is 0 Å². The van der Waals surface area contributed by atoms with Crippen molar-refractivity contribution in [2.45, 2.75) is 46.1 Å². The lowest BCUT2D eigenvalue weighted by atomic mass is 9.98. The van der Waals surface area contributed by atoms with E-state index in [-0.39, 0.29) is 5.56 Å². The van der Waals surface area contributed by atoms with Crippen LogP contribution in [0.2, 0.25) is 0 Å². The molecule has 1 aromatic heterocycles. The quantitative estimate of drug-likeness (QED) is 0.872. The van der Waals surface area contributed by atoms with Crippen molar-refractivity contribution in [1.82, 2.24) is 9.55 Å². The summed E-state index contributed by atoms with van der Waals surface area (Å²) in [6.07, 6.45) is 8.32. The highest BCUT2D eigenvalue weighted by atomic mass is 16.1. The summed E-state index contributed by atoms with van der Waals surface area (Å²) < 4.78 is 1.73. The van der Waals surface area contributed by atoms with Crippen molar-refractivity contribution in [3.05, 3.63) is 22.7 Å². The van der Waals surface area contributed by atoms with Gasteiger partial charge in [0.2, 0.25) is 0 Å². The SMILES string of the molecule is CCCn1ccnc(NCC2CCCC2C)c1=O. The first-order chi connectivity index (χ1) is 8.72. The van der Waals surface area contributed by atoms with Crippen molar-refractivity contribution in [2.75, 3.05) is 11.9 Å². The highest BCUT2D eigenvalue weighted by Gasteiger charge is 2.23. The predicted molar refractivity (Wildman–Crippen MR) is 73.8 cm³/mol. The highest BCUT2D eigenvalue weighted by Crippen LogP contribution is 2.30. The average molecular weight is 249 g/mol. The summed E-state index contributed by atoms with van der Waals surface area (Å²) in [6.45, 7) is 6.00. The van der Waals surface area contributed by atoms with Crippen LogP contribution in [-0.4, -0.2) is 16.1 Å². The fourth-order valence-electron chi connectivity index (χ4n) is 2.74. The molecule has 2 atom stereocenters. The van der Waals surface area contributed by atoms with Crippen LogP contribution in [0.4, 0.5) is 5.82 Å². The fourth-order valence-corrected chi connectivity index (χ4v) is 2.74. The van der Waals surface area contributed by atoms with E-state index in [0.717, 1.165) is 25.4 Å². The van der Waals surface area contributed by atoms with Crippen molar-refractivity contribution >= 4 is 5.82 Å². The summed E-state index contributed by atoms with van der Waals surface area (Å²) >= 11 is 0. The maximum Gasteiger partial charge on any atom is 0.293 e. The second-order valence-electron chi connectivity index (χ2n) is 5.32. The first-order valence-electron chi connectivity index (χ1n) is 7.01. The first-order valence-corrected chi connectivity index (χ1v) is 7.01. The molecule has 18 heavy (non-hydrogen) atoms. The Kier molecular flexibility index (Phi) is 4.39. The molecule has 0 spiro atoms. The Labute approximate surface area is 108 Å². The van der Waals surface area contributed by atoms with Crippen LogP contribution in [0, 0.1) is 11.8 Å². The van der Waals surface area contributed by atoms with Crippen LogP contribution in [0.15, 0.2) is 17.2 Å². The topological polar surface area (TPSA) is 46.9 Å². The Morgan fingerprint density at radius 3 is 3.00 bits per heavy atom. The number of rotatable bonds is 5. The average Bonchev–Trinajstić information content (AvgIpc) is 2.76. The molecule has 1 aliphatic rings. The Balaban J connectivity index is 2.01. The standard InChI is InChI=1S/C14H23N3O/c1-3-8-17-9-7-15-13(14(17)18)16-10-12-6-4-5-11(12)2/h7,9,11-12H,3-6,8,10H2,1-2H3,(H,15,16). The molecule has 1 N–H and O–H groups in total. The van der Waals surface area contributed by atoms with Gasteiger partial charge in [0.05, 0.1) is 0 Å². The van der Waals surface area contributed by atoms with E-state index in [2.05, 4.69) is 24.1 Å². The summed E-state index contributed by atoms with van der Waals surface area (Å²) in [7, 11) is 0. The molecule has 0 saturated heterocycles. The van der Waals surface area contributed by atoms with Gasteiger partial charge in [0, 0.05) is 25.5 Å². The summed E-state index contributed by atoms with van der Waals surface area (Å²) in [5.74, 6) is 1.95. The van der Waals surface area contributed by atoms with Gasteiger partial charge >= 0.3 is 0 Å². The van der Waals surface area contributed by atoms with Crippen molar-refractivity contribution < 1.29 is 0 Å². The second-order valence-corrected chi connectivity index (χ2v) is 5.32. The molecule has 0 aliphatic heterocycles. The molecule has 1 fully saturated rings. The molecule has 1 aromatic rings. The molecular formula is C14H23N3O. The Bertz CT molecular complexity index is 441. The summed E-state index contributed by atoms with van der Waals surface area (Å²) in [6, 6.07) is 0. The van der Waals surface area contributed by atoms with Gasteiger partial charge in [-0.2, -0.15) is 0 Å². The van der Waals surface area contributed by atoms with Gasteiger partial charge in [-0.3, -0.25) is 4.79 Å². The number of aromatic nitrogens is 2. The number of nitrogens with zero attached hydrogens (tertiary/aromatic N) is 2. The van der Waals surface area contributed by atoms with E-state index in [0.29, 0.717) is 11.7 Å². The summed E-state index contributed by atoms with van der Waals surface area (Å²) in [5, 5.41) is 3.24. The summed E-state index contributed by atoms with van der Waals surface area (Å²) in [4.78, 5) is 16.2. The van der Waals surface area contributed by atoms with E-state index in [1.165, 1.54) is 19.3 Å². The number of hydrogen-bond acceptors (Lipinski definition) is 3. The molecule has 1 saturated carbocycles. The fraction of sp³-hybridized carbons (Fsp3) is 0.714. The van der Waals surface area contributed by atoms with E-state index in [1.807, 2.05) is 0 Å². The van der Waals surface area contributed by atoms with Crippen LogP contribution in [0.25, 0.3) is 0 Å². The van der Waals surface area contributed by atoms with E-state index in [4.69, 9.17) is 0 Å². The molecule has 1 heterocycles. The van der Waals surface area contributed by atoms with Crippen LogP contribution in [0.1, 0.15) is 39.5 Å². The molecule has 1 aliphatic carbocycles. The lowest BCUT2D eigenvalue weighted by Gasteiger charge is -2.16. The van der Waals surface area contributed by atoms with Gasteiger partial charge < -0.3 is 9.88 Å². The minimum atomic E-state index is 0.00463. The Hall–Kier alpha value is -1.32. The summed E-state index contributed by atoms with van der Waals surface area (Å²) in [5.41, 5.74) is 0.00463. The lowest BCUT2D eigenvalue weighted by molar-refractivity contribution is 0.439. The van der Waals surface area contributed by atoms with Gasteiger partial charge in [0.25, 0.3) is 5.56 Å². The third-order valence-corrected chi connectivity index (χ3v) is 3.95. The number of nitrogens with one attached hydrogen (secondary N) is 1. The number of hydrogen-bond donors (Lipinski definition) is 1. The van der Waals surface area contributed by atoms with E-state index in [1.54, 1.807) is 17.0 Å². The van der Waals surface area contributed by atoms with Crippen LogP contribution in [0.5, 0.6) is 0 Å². The molecule has 2 unspecified atom stereocenters. The highest BCUT2D eigenvalue weighted by molar-refractivity contribution is 5.30. The van der Waals surface area contributed by atoms with Gasteiger partial charge in [-0.1, -0.05) is 26.7 Å². The molecule has 0 radical (unpaired) electrons. The molecule has 0 aromatic carbocycles.